The first kappa shape index (κ1) is 13.5. The Morgan fingerprint density at radius 1 is 1.44 bits per heavy atom. The summed E-state index contributed by atoms with van der Waals surface area (Å²) in [5, 5.41) is 15.1. The highest BCUT2D eigenvalue weighted by Crippen LogP contribution is 2.23. The summed E-state index contributed by atoms with van der Waals surface area (Å²) in [6.07, 6.45) is 1.21. The summed E-state index contributed by atoms with van der Waals surface area (Å²) >= 11 is 6.19. The largest absolute Gasteiger partial charge is 0.392 e. The Kier molecular flexibility index (Phi) is 4.81. The number of hydrogen-bond acceptors (Lipinski definition) is 2. The highest BCUT2D eigenvalue weighted by molar-refractivity contribution is 6.31. The number of hydrogen-bond donors (Lipinski definition) is 1. The normalized spacial score (nSPS) is 15.1. The van der Waals surface area contributed by atoms with E-state index in [1.807, 2.05) is 18.5 Å². The Labute approximate surface area is 102 Å². The average Bonchev–Trinajstić information content (AvgIpc) is 2.55. The number of aryl methyl sites for hydroxylation is 2. The van der Waals surface area contributed by atoms with Crippen LogP contribution in [0.5, 0.6) is 0 Å². The van der Waals surface area contributed by atoms with Gasteiger partial charge < -0.3 is 5.11 Å². The molecular weight excluding hydrogens is 224 g/mol. The van der Waals surface area contributed by atoms with E-state index in [1.54, 1.807) is 0 Å². The van der Waals surface area contributed by atoms with Gasteiger partial charge in [0, 0.05) is 13.0 Å². The Hall–Kier alpha value is -0.540. The highest BCUT2D eigenvalue weighted by atomic mass is 35.5. The molecule has 0 fully saturated rings. The molecule has 92 valence electrons. The molecule has 16 heavy (non-hydrogen) atoms. The molecule has 0 saturated carbocycles. The molecule has 1 heterocycles. The van der Waals surface area contributed by atoms with E-state index in [1.165, 1.54) is 0 Å². The predicted octanol–water partition coefficient (Wildman–Crippen LogP) is 2.81. The first-order chi connectivity index (χ1) is 7.51. The van der Waals surface area contributed by atoms with Gasteiger partial charge in [-0.1, -0.05) is 31.9 Å². The van der Waals surface area contributed by atoms with Crippen molar-refractivity contribution in [1.82, 2.24) is 9.78 Å². The molecule has 3 nitrogen and oxygen atoms in total. The smallest absolute Gasteiger partial charge is 0.0848 e. The lowest BCUT2D eigenvalue weighted by molar-refractivity contribution is 0.112. The van der Waals surface area contributed by atoms with E-state index in [0.29, 0.717) is 11.4 Å². The standard InChI is InChI=1S/C12H21ClN2O/c1-5-8(3)11(16)7-10-12(13)9(4)14-15(10)6-2/h8,11,16H,5-7H2,1-4H3. The molecule has 0 aromatic carbocycles. The minimum atomic E-state index is -0.344. The molecule has 1 N–H and O–H groups in total. The Bertz CT molecular complexity index is 349. The lowest BCUT2D eigenvalue weighted by atomic mass is 9.98. The topological polar surface area (TPSA) is 38.1 Å². The molecule has 0 bridgehead atoms. The van der Waals surface area contributed by atoms with Crippen molar-refractivity contribution in [1.29, 1.82) is 0 Å². The molecule has 0 aliphatic carbocycles. The highest BCUT2D eigenvalue weighted by Gasteiger charge is 2.19. The van der Waals surface area contributed by atoms with Crippen molar-refractivity contribution >= 4 is 11.6 Å². The monoisotopic (exact) mass is 244 g/mol. The van der Waals surface area contributed by atoms with Gasteiger partial charge in [0.25, 0.3) is 0 Å². The van der Waals surface area contributed by atoms with Crippen LogP contribution in [0.4, 0.5) is 0 Å². The molecule has 1 aromatic heterocycles. The summed E-state index contributed by atoms with van der Waals surface area (Å²) < 4.78 is 1.88. The van der Waals surface area contributed by atoms with Crippen molar-refractivity contribution in [3.05, 3.63) is 16.4 Å². The third-order valence-corrected chi connectivity index (χ3v) is 3.65. The van der Waals surface area contributed by atoms with Crippen molar-refractivity contribution in [3.8, 4) is 0 Å². The second-order valence-electron chi connectivity index (χ2n) is 4.32. The molecule has 0 aliphatic rings. The van der Waals surface area contributed by atoms with Crippen LogP contribution < -0.4 is 0 Å². The van der Waals surface area contributed by atoms with E-state index in [-0.39, 0.29) is 12.0 Å². The van der Waals surface area contributed by atoms with Crippen molar-refractivity contribution < 1.29 is 5.11 Å². The van der Waals surface area contributed by atoms with E-state index in [9.17, 15) is 5.11 Å². The molecule has 0 saturated heterocycles. The van der Waals surface area contributed by atoms with E-state index in [4.69, 9.17) is 11.6 Å². The zero-order chi connectivity index (χ0) is 12.3. The summed E-state index contributed by atoms with van der Waals surface area (Å²) in [5.41, 5.74) is 1.80. The fourth-order valence-electron chi connectivity index (χ4n) is 1.74. The minimum Gasteiger partial charge on any atom is -0.392 e. The molecule has 2 unspecified atom stereocenters. The van der Waals surface area contributed by atoms with Gasteiger partial charge >= 0.3 is 0 Å². The number of halogens is 1. The SMILES string of the molecule is CCC(C)C(O)Cc1c(Cl)c(C)nn1CC. The van der Waals surface area contributed by atoms with Gasteiger partial charge in [-0.05, 0) is 19.8 Å². The maximum absolute atomic E-state index is 10.0. The number of aromatic nitrogens is 2. The molecule has 2 atom stereocenters. The maximum Gasteiger partial charge on any atom is 0.0848 e. The van der Waals surface area contributed by atoms with Crippen LogP contribution in [0.3, 0.4) is 0 Å². The molecule has 0 aliphatic heterocycles. The van der Waals surface area contributed by atoms with Crippen LogP contribution in [0.1, 0.15) is 38.6 Å². The Balaban J connectivity index is 2.87. The first-order valence-electron chi connectivity index (χ1n) is 5.91. The van der Waals surface area contributed by atoms with Crippen LogP contribution in [0.15, 0.2) is 0 Å². The number of aliphatic hydroxyl groups is 1. The molecule has 1 aromatic rings. The van der Waals surface area contributed by atoms with Crippen LogP contribution in [-0.4, -0.2) is 21.0 Å². The van der Waals surface area contributed by atoms with E-state index in [0.717, 1.165) is 24.4 Å². The lowest BCUT2D eigenvalue weighted by Gasteiger charge is -2.17. The second-order valence-corrected chi connectivity index (χ2v) is 4.70. The molecular formula is C12H21ClN2O. The van der Waals surface area contributed by atoms with Crippen LogP contribution in [0.25, 0.3) is 0 Å². The fourth-order valence-corrected chi connectivity index (χ4v) is 1.95. The fraction of sp³-hybridized carbons (Fsp3) is 0.750. The van der Waals surface area contributed by atoms with E-state index >= 15 is 0 Å². The molecule has 0 amide bonds. The summed E-state index contributed by atoms with van der Waals surface area (Å²) in [6, 6.07) is 0. The second kappa shape index (κ2) is 5.69. The predicted molar refractivity (Wildman–Crippen MR) is 66.8 cm³/mol. The summed E-state index contributed by atoms with van der Waals surface area (Å²) in [7, 11) is 0. The van der Waals surface area contributed by atoms with Gasteiger partial charge in [-0.15, -0.1) is 0 Å². The quantitative estimate of drug-likeness (QED) is 0.865. The maximum atomic E-state index is 10.0. The summed E-state index contributed by atoms with van der Waals surface area (Å²) in [6.45, 7) is 8.85. The Morgan fingerprint density at radius 2 is 2.06 bits per heavy atom. The van der Waals surface area contributed by atoms with E-state index < -0.39 is 0 Å². The van der Waals surface area contributed by atoms with Crippen LogP contribution in [0, 0.1) is 12.8 Å². The minimum absolute atomic E-state index is 0.288. The first-order valence-corrected chi connectivity index (χ1v) is 6.28. The molecule has 0 radical (unpaired) electrons. The average molecular weight is 245 g/mol. The Morgan fingerprint density at radius 3 is 2.56 bits per heavy atom. The summed E-state index contributed by atoms with van der Waals surface area (Å²) in [5.74, 6) is 0.288. The van der Waals surface area contributed by atoms with Crippen molar-refractivity contribution in [3.63, 3.8) is 0 Å². The van der Waals surface area contributed by atoms with Crippen LogP contribution >= 0.6 is 11.6 Å². The van der Waals surface area contributed by atoms with Gasteiger partial charge in [0.1, 0.15) is 0 Å². The van der Waals surface area contributed by atoms with Gasteiger partial charge in [-0.25, -0.2) is 0 Å². The van der Waals surface area contributed by atoms with Gasteiger partial charge in [0.05, 0.1) is 22.5 Å². The third kappa shape index (κ3) is 2.77. The summed E-state index contributed by atoms with van der Waals surface area (Å²) in [4.78, 5) is 0. The van der Waals surface area contributed by atoms with Crippen LogP contribution in [-0.2, 0) is 13.0 Å². The van der Waals surface area contributed by atoms with Gasteiger partial charge in [0.2, 0.25) is 0 Å². The van der Waals surface area contributed by atoms with Gasteiger partial charge in [0.15, 0.2) is 0 Å². The van der Waals surface area contributed by atoms with Crippen molar-refractivity contribution in [2.24, 2.45) is 5.92 Å². The van der Waals surface area contributed by atoms with Gasteiger partial charge in [-0.3, -0.25) is 4.68 Å². The zero-order valence-corrected chi connectivity index (χ0v) is 11.3. The molecule has 0 spiro atoms. The number of aliphatic hydroxyl groups excluding tert-OH is 1. The van der Waals surface area contributed by atoms with Crippen LogP contribution in [0.2, 0.25) is 5.02 Å². The third-order valence-electron chi connectivity index (χ3n) is 3.16. The number of nitrogens with zero attached hydrogens (tertiary/aromatic N) is 2. The van der Waals surface area contributed by atoms with Crippen molar-refractivity contribution in [2.75, 3.05) is 0 Å². The lowest BCUT2D eigenvalue weighted by Crippen LogP contribution is -2.21. The van der Waals surface area contributed by atoms with Crippen molar-refractivity contribution in [2.45, 2.75) is 53.2 Å². The van der Waals surface area contributed by atoms with Gasteiger partial charge in [-0.2, -0.15) is 5.10 Å². The van der Waals surface area contributed by atoms with E-state index in [2.05, 4.69) is 18.9 Å². The zero-order valence-electron chi connectivity index (χ0n) is 10.5. The molecule has 1 rings (SSSR count). The molecule has 4 heteroatoms. The number of rotatable bonds is 5.